The van der Waals surface area contributed by atoms with E-state index in [0.717, 1.165) is 52.0 Å². The third kappa shape index (κ3) is 6.70. The van der Waals surface area contributed by atoms with E-state index in [1.54, 1.807) is 0 Å². The summed E-state index contributed by atoms with van der Waals surface area (Å²) >= 11 is 0. The number of rotatable bonds is 14. The van der Waals surface area contributed by atoms with Crippen molar-refractivity contribution in [2.24, 2.45) is 5.73 Å². The zero-order valence-electron chi connectivity index (χ0n) is 21.2. The fourth-order valence-corrected chi connectivity index (χ4v) is 5.04. The largest absolute Gasteiger partial charge is 0.330 e. The molecule has 4 rings (SSSR count). The summed E-state index contributed by atoms with van der Waals surface area (Å²) in [4.78, 5) is 2.57. The van der Waals surface area contributed by atoms with Crippen LogP contribution in [0.2, 0.25) is 0 Å². The van der Waals surface area contributed by atoms with Crippen molar-refractivity contribution >= 4 is 0 Å². The van der Waals surface area contributed by atoms with Crippen LogP contribution in [0, 0.1) is 0 Å². The minimum atomic E-state index is -0.409. The van der Waals surface area contributed by atoms with Crippen LogP contribution in [0.15, 0.2) is 121 Å². The van der Waals surface area contributed by atoms with Crippen molar-refractivity contribution in [1.29, 1.82) is 0 Å². The van der Waals surface area contributed by atoms with E-state index in [2.05, 4.69) is 132 Å². The number of benzene rings is 4. The highest BCUT2D eigenvalue weighted by Gasteiger charge is 2.35. The fraction of sp³-hybridized carbons (Fsp3) is 0.273. The average molecular weight is 478 g/mol. The SMILES string of the molecule is NCCCCN(CCCNC(c1ccccc1)(c1ccccc1)c1ccccc1)Cc1ccccc1. The minimum absolute atomic E-state index is 0.409. The predicted octanol–water partition coefficient (Wildman–Crippen LogP) is 6.20. The van der Waals surface area contributed by atoms with Gasteiger partial charge in [-0.2, -0.15) is 0 Å². The van der Waals surface area contributed by atoms with Crippen LogP contribution >= 0.6 is 0 Å². The summed E-state index contributed by atoms with van der Waals surface area (Å²) in [5.41, 5.74) is 10.5. The van der Waals surface area contributed by atoms with Crippen molar-refractivity contribution in [2.75, 3.05) is 26.2 Å². The quantitative estimate of drug-likeness (QED) is 0.168. The van der Waals surface area contributed by atoms with Gasteiger partial charge in [-0.3, -0.25) is 10.2 Å². The molecule has 0 radical (unpaired) electrons. The highest BCUT2D eigenvalue weighted by Crippen LogP contribution is 2.36. The number of unbranched alkanes of at least 4 members (excludes halogenated alkanes) is 1. The minimum Gasteiger partial charge on any atom is -0.330 e. The summed E-state index contributed by atoms with van der Waals surface area (Å²) in [6.45, 7) is 4.76. The zero-order valence-corrected chi connectivity index (χ0v) is 21.2. The second-order valence-corrected chi connectivity index (χ2v) is 9.39. The molecule has 0 saturated carbocycles. The zero-order chi connectivity index (χ0) is 24.9. The number of nitrogens with zero attached hydrogens (tertiary/aromatic N) is 1. The Morgan fingerprint density at radius 1 is 0.556 bits per heavy atom. The molecule has 0 amide bonds. The Labute approximate surface area is 217 Å². The van der Waals surface area contributed by atoms with Gasteiger partial charge in [0.25, 0.3) is 0 Å². The smallest absolute Gasteiger partial charge is 0.0947 e. The van der Waals surface area contributed by atoms with Gasteiger partial charge in [-0.25, -0.2) is 0 Å². The molecule has 3 N–H and O–H groups in total. The van der Waals surface area contributed by atoms with Crippen molar-refractivity contribution in [1.82, 2.24) is 10.2 Å². The third-order valence-corrected chi connectivity index (χ3v) is 6.84. The summed E-state index contributed by atoms with van der Waals surface area (Å²) in [6.07, 6.45) is 3.27. The Balaban J connectivity index is 1.54. The molecule has 0 atom stereocenters. The van der Waals surface area contributed by atoms with Crippen molar-refractivity contribution in [3.05, 3.63) is 144 Å². The Morgan fingerprint density at radius 2 is 1.00 bits per heavy atom. The van der Waals surface area contributed by atoms with Gasteiger partial charge in [-0.1, -0.05) is 121 Å². The van der Waals surface area contributed by atoms with Gasteiger partial charge in [0, 0.05) is 6.54 Å². The molecule has 36 heavy (non-hydrogen) atoms. The molecule has 4 aromatic carbocycles. The Bertz CT molecular complexity index is 1020. The lowest BCUT2D eigenvalue weighted by atomic mass is 9.77. The first-order chi connectivity index (χ1) is 17.8. The molecule has 0 spiro atoms. The van der Waals surface area contributed by atoms with Crippen molar-refractivity contribution in [3.63, 3.8) is 0 Å². The highest BCUT2D eigenvalue weighted by molar-refractivity contribution is 5.49. The van der Waals surface area contributed by atoms with Crippen LogP contribution in [-0.2, 0) is 12.1 Å². The summed E-state index contributed by atoms with van der Waals surface area (Å²) in [6, 6.07) is 43.3. The maximum atomic E-state index is 5.77. The normalized spacial score (nSPS) is 11.6. The van der Waals surface area contributed by atoms with Gasteiger partial charge in [0.1, 0.15) is 0 Å². The number of hydrogen-bond donors (Lipinski definition) is 2. The lowest BCUT2D eigenvalue weighted by molar-refractivity contribution is 0.253. The van der Waals surface area contributed by atoms with E-state index >= 15 is 0 Å². The number of hydrogen-bond acceptors (Lipinski definition) is 3. The van der Waals surface area contributed by atoms with Gasteiger partial charge < -0.3 is 5.73 Å². The standard InChI is InChI=1S/C33H39N3/c34-24-13-14-26-36(28-29-16-5-1-6-17-29)27-15-25-35-33(30-18-7-2-8-19-30,31-20-9-3-10-21-31)32-22-11-4-12-23-32/h1-12,16-23,35H,13-15,24-28,34H2. The van der Waals surface area contributed by atoms with E-state index in [4.69, 9.17) is 5.73 Å². The monoisotopic (exact) mass is 477 g/mol. The molecule has 3 heteroatoms. The topological polar surface area (TPSA) is 41.3 Å². The molecule has 0 aliphatic heterocycles. The van der Waals surface area contributed by atoms with Crippen molar-refractivity contribution in [3.8, 4) is 0 Å². The molecule has 0 aliphatic carbocycles. The molecule has 0 bridgehead atoms. The third-order valence-electron chi connectivity index (χ3n) is 6.84. The molecule has 0 saturated heterocycles. The van der Waals surface area contributed by atoms with Gasteiger partial charge in [0.15, 0.2) is 0 Å². The van der Waals surface area contributed by atoms with E-state index in [1.165, 1.54) is 22.3 Å². The Hall–Kier alpha value is -3.24. The summed E-state index contributed by atoms with van der Waals surface area (Å²) in [5, 5.41) is 4.02. The molecular weight excluding hydrogens is 438 g/mol. The van der Waals surface area contributed by atoms with Crippen LogP contribution in [0.4, 0.5) is 0 Å². The van der Waals surface area contributed by atoms with E-state index in [-0.39, 0.29) is 0 Å². The van der Waals surface area contributed by atoms with Crippen molar-refractivity contribution in [2.45, 2.75) is 31.3 Å². The average Bonchev–Trinajstić information content (AvgIpc) is 2.95. The van der Waals surface area contributed by atoms with Gasteiger partial charge in [-0.15, -0.1) is 0 Å². The number of nitrogens with two attached hydrogens (primary N) is 1. The summed E-state index contributed by atoms with van der Waals surface area (Å²) in [5.74, 6) is 0. The molecule has 0 heterocycles. The molecule has 186 valence electrons. The summed E-state index contributed by atoms with van der Waals surface area (Å²) in [7, 11) is 0. The maximum absolute atomic E-state index is 5.77. The van der Waals surface area contributed by atoms with E-state index < -0.39 is 5.54 Å². The Morgan fingerprint density at radius 3 is 1.47 bits per heavy atom. The first-order valence-electron chi connectivity index (χ1n) is 13.2. The molecule has 0 aromatic heterocycles. The first-order valence-corrected chi connectivity index (χ1v) is 13.2. The predicted molar refractivity (Wildman–Crippen MR) is 152 cm³/mol. The van der Waals surface area contributed by atoms with Gasteiger partial charge in [0.05, 0.1) is 5.54 Å². The lowest BCUT2D eigenvalue weighted by Gasteiger charge is -2.37. The van der Waals surface area contributed by atoms with E-state index in [9.17, 15) is 0 Å². The van der Waals surface area contributed by atoms with E-state index in [1.807, 2.05) is 0 Å². The Kier molecular flexibility index (Phi) is 9.87. The van der Waals surface area contributed by atoms with Crippen LogP contribution in [0.1, 0.15) is 41.5 Å². The molecule has 4 aromatic rings. The van der Waals surface area contributed by atoms with Gasteiger partial charge >= 0.3 is 0 Å². The second kappa shape index (κ2) is 13.7. The molecule has 3 nitrogen and oxygen atoms in total. The molecule has 0 unspecified atom stereocenters. The first kappa shape index (κ1) is 25.8. The van der Waals surface area contributed by atoms with Gasteiger partial charge in [-0.05, 0) is 67.7 Å². The van der Waals surface area contributed by atoms with Crippen molar-refractivity contribution < 1.29 is 0 Å². The van der Waals surface area contributed by atoms with Crippen LogP contribution in [0.3, 0.4) is 0 Å². The van der Waals surface area contributed by atoms with Gasteiger partial charge in [0.2, 0.25) is 0 Å². The fourth-order valence-electron chi connectivity index (χ4n) is 5.04. The maximum Gasteiger partial charge on any atom is 0.0947 e. The molecular formula is C33H39N3. The van der Waals surface area contributed by atoms with Crippen LogP contribution < -0.4 is 11.1 Å². The molecule has 0 aliphatic rings. The second-order valence-electron chi connectivity index (χ2n) is 9.39. The van der Waals surface area contributed by atoms with Crippen LogP contribution in [0.25, 0.3) is 0 Å². The highest BCUT2D eigenvalue weighted by atomic mass is 15.1. The van der Waals surface area contributed by atoms with Crippen LogP contribution in [-0.4, -0.2) is 31.1 Å². The van der Waals surface area contributed by atoms with E-state index in [0.29, 0.717) is 0 Å². The van der Waals surface area contributed by atoms with Crippen LogP contribution in [0.5, 0.6) is 0 Å². The molecule has 0 fully saturated rings. The lowest BCUT2D eigenvalue weighted by Crippen LogP contribution is -2.45. The number of nitrogens with one attached hydrogen (secondary N) is 1. The summed E-state index contributed by atoms with van der Waals surface area (Å²) < 4.78 is 0.